The number of hydrogen-bond donors (Lipinski definition) is 2. The fraction of sp³-hybridized carbons (Fsp3) is 0.429. The summed E-state index contributed by atoms with van der Waals surface area (Å²) >= 11 is 0. The summed E-state index contributed by atoms with van der Waals surface area (Å²) in [5, 5.41) is 0. The molecule has 5 heteroatoms. The first-order valence-corrected chi connectivity index (χ1v) is 3.35. The van der Waals surface area contributed by atoms with Gasteiger partial charge in [-0.1, -0.05) is 18.2 Å². The van der Waals surface area contributed by atoms with Crippen LogP contribution in [0.5, 0.6) is 0 Å². The van der Waals surface area contributed by atoms with Crippen molar-refractivity contribution in [2.24, 2.45) is 11.5 Å². The molecule has 0 spiro atoms. The van der Waals surface area contributed by atoms with Crippen LogP contribution in [0.4, 0.5) is 13.2 Å². The van der Waals surface area contributed by atoms with Crippen LogP contribution in [-0.2, 0) is 0 Å². The maximum absolute atomic E-state index is 12.1. The van der Waals surface area contributed by atoms with Crippen LogP contribution in [0.2, 0.25) is 0 Å². The molecule has 0 unspecified atom stereocenters. The molecule has 0 atom stereocenters. The molecule has 0 aromatic rings. The molecule has 1 aliphatic rings. The summed E-state index contributed by atoms with van der Waals surface area (Å²) in [4.78, 5) is 0. The monoisotopic (exact) mass is 178 g/mol. The Bertz CT molecular complexity index is 238. The predicted octanol–water partition coefficient (Wildman–Crippen LogP) is 1.05. The summed E-state index contributed by atoms with van der Waals surface area (Å²) < 4.78 is 36.2. The molecule has 0 aromatic heterocycles. The van der Waals surface area contributed by atoms with Gasteiger partial charge in [0.05, 0.1) is 5.66 Å². The molecule has 68 valence electrons. The van der Waals surface area contributed by atoms with E-state index in [4.69, 9.17) is 11.5 Å². The number of rotatable bonds is 0. The van der Waals surface area contributed by atoms with E-state index in [1.54, 1.807) is 0 Å². The summed E-state index contributed by atoms with van der Waals surface area (Å²) in [6, 6.07) is 0. The van der Waals surface area contributed by atoms with Gasteiger partial charge < -0.3 is 11.5 Å². The topological polar surface area (TPSA) is 52.0 Å². The van der Waals surface area contributed by atoms with Gasteiger partial charge in [0, 0.05) is 12.0 Å². The van der Waals surface area contributed by atoms with Crippen LogP contribution in [0, 0.1) is 0 Å². The van der Waals surface area contributed by atoms with Gasteiger partial charge in [0.2, 0.25) is 0 Å². The van der Waals surface area contributed by atoms with E-state index >= 15 is 0 Å². The van der Waals surface area contributed by atoms with Crippen molar-refractivity contribution in [3.05, 3.63) is 23.8 Å². The minimum atomic E-state index is -4.32. The minimum Gasteiger partial charge on any atom is -0.310 e. The van der Waals surface area contributed by atoms with Gasteiger partial charge in [0.25, 0.3) is 0 Å². The first-order chi connectivity index (χ1) is 5.31. The van der Waals surface area contributed by atoms with Gasteiger partial charge in [-0.15, -0.1) is 0 Å². The fourth-order valence-corrected chi connectivity index (χ4v) is 0.986. The highest BCUT2D eigenvalue weighted by Gasteiger charge is 2.37. The Kier molecular flexibility index (Phi) is 2.01. The minimum absolute atomic E-state index is 0.368. The van der Waals surface area contributed by atoms with Crippen molar-refractivity contribution in [2.75, 3.05) is 0 Å². The molecule has 0 fully saturated rings. The molecule has 1 aliphatic carbocycles. The van der Waals surface area contributed by atoms with E-state index in [1.165, 1.54) is 12.2 Å². The molecule has 4 N–H and O–H groups in total. The second kappa shape index (κ2) is 2.60. The van der Waals surface area contributed by atoms with Crippen molar-refractivity contribution in [2.45, 2.75) is 18.3 Å². The number of halogens is 3. The highest BCUT2D eigenvalue weighted by molar-refractivity contribution is 5.28. The average Bonchev–Trinajstić information content (AvgIpc) is 1.83. The molecule has 0 aliphatic heterocycles. The highest BCUT2D eigenvalue weighted by Crippen LogP contribution is 2.32. The van der Waals surface area contributed by atoms with Crippen LogP contribution in [0.25, 0.3) is 0 Å². The summed E-state index contributed by atoms with van der Waals surface area (Å²) in [6.45, 7) is 0. The lowest BCUT2D eigenvalue weighted by Gasteiger charge is -2.25. The van der Waals surface area contributed by atoms with Gasteiger partial charge in [-0.3, -0.25) is 0 Å². The second-order valence-electron chi connectivity index (χ2n) is 2.84. The van der Waals surface area contributed by atoms with Crippen molar-refractivity contribution < 1.29 is 13.2 Å². The third kappa shape index (κ3) is 2.09. The molecular formula is C7H9F3N2. The molecule has 0 saturated heterocycles. The Hall–Kier alpha value is -0.810. The van der Waals surface area contributed by atoms with E-state index in [1.807, 2.05) is 0 Å². The first-order valence-electron chi connectivity index (χ1n) is 3.35. The molecule has 2 nitrogen and oxygen atoms in total. The van der Waals surface area contributed by atoms with Crippen molar-refractivity contribution in [1.82, 2.24) is 0 Å². The SMILES string of the molecule is NC1(N)C=CC=C(C(F)(F)F)C1. The van der Waals surface area contributed by atoms with Crippen LogP contribution in [0.15, 0.2) is 23.8 Å². The quantitative estimate of drug-likeness (QED) is 0.545. The molecule has 12 heavy (non-hydrogen) atoms. The van der Waals surface area contributed by atoms with E-state index in [2.05, 4.69) is 0 Å². The van der Waals surface area contributed by atoms with Gasteiger partial charge in [0.1, 0.15) is 0 Å². The Morgan fingerprint density at radius 3 is 2.25 bits per heavy atom. The molecular weight excluding hydrogens is 169 g/mol. The van der Waals surface area contributed by atoms with Gasteiger partial charge in [-0.25, -0.2) is 0 Å². The van der Waals surface area contributed by atoms with Gasteiger partial charge >= 0.3 is 6.18 Å². The van der Waals surface area contributed by atoms with E-state index in [0.29, 0.717) is 0 Å². The summed E-state index contributed by atoms with van der Waals surface area (Å²) in [6.07, 6.45) is -1.13. The smallest absolute Gasteiger partial charge is 0.310 e. The van der Waals surface area contributed by atoms with E-state index in [9.17, 15) is 13.2 Å². The maximum Gasteiger partial charge on any atom is 0.412 e. The molecule has 0 radical (unpaired) electrons. The first kappa shape index (κ1) is 9.28. The summed E-state index contributed by atoms with van der Waals surface area (Å²) in [5.74, 6) is 0. The summed E-state index contributed by atoms with van der Waals surface area (Å²) in [7, 11) is 0. The third-order valence-electron chi connectivity index (χ3n) is 1.56. The largest absolute Gasteiger partial charge is 0.412 e. The zero-order chi connectivity index (χ0) is 9.41. The lowest BCUT2D eigenvalue weighted by Crippen LogP contribution is -2.49. The van der Waals surface area contributed by atoms with Gasteiger partial charge in [-0.05, 0) is 0 Å². The van der Waals surface area contributed by atoms with Gasteiger partial charge in [-0.2, -0.15) is 13.2 Å². The molecule has 0 heterocycles. The van der Waals surface area contributed by atoms with Crippen molar-refractivity contribution in [1.29, 1.82) is 0 Å². The zero-order valence-corrected chi connectivity index (χ0v) is 6.23. The number of alkyl halides is 3. The highest BCUT2D eigenvalue weighted by atomic mass is 19.4. The normalized spacial score (nSPS) is 22.2. The fourth-order valence-electron chi connectivity index (χ4n) is 0.986. The average molecular weight is 178 g/mol. The Labute approximate surface area is 67.7 Å². The van der Waals surface area contributed by atoms with Crippen LogP contribution < -0.4 is 11.5 Å². The van der Waals surface area contributed by atoms with Crippen LogP contribution in [-0.4, -0.2) is 11.8 Å². The molecule has 0 amide bonds. The molecule has 1 rings (SSSR count). The van der Waals surface area contributed by atoms with Crippen molar-refractivity contribution in [3.8, 4) is 0 Å². The van der Waals surface area contributed by atoms with E-state index in [-0.39, 0.29) is 6.42 Å². The van der Waals surface area contributed by atoms with Crippen molar-refractivity contribution in [3.63, 3.8) is 0 Å². The van der Waals surface area contributed by atoms with Crippen LogP contribution in [0.1, 0.15) is 6.42 Å². The molecule has 0 aromatic carbocycles. The number of hydrogen-bond acceptors (Lipinski definition) is 2. The van der Waals surface area contributed by atoms with Crippen molar-refractivity contribution >= 4 is 0 Å². The van der Waals surface area contributed by atoms with Crippen LogP contribution in [0.3, 0.4) is 0 Å². The zero-order valence-electron chi connectivity index (χ0n) is 6.23. The Morgan fingerprint density at radius 2 is 1.92 bits per heavy atom. The van der Waals surface area contributed by atoms with E-state index in [0.717, 1.165) is 6.08 Å². The number of allylic oxidation sites excluding steroid dienone is 2. The summed E-state index contributed by atoms with van der Waals surface area (Å²) in [5.41, 5.74) is 8.58. The third-order valence-corrected chi connectivity index (χ3v) is 1.56. The lowest BCUT2D eigenvalue weighted by atomic mass is 9.96. The van der Waals surface area contributed by atoms with E-state index < -0.39 is 17.4 Å². The molecule has 0 saturated carbocycles. The number of nitrogens with two attached hydrogens (primary N) is 2. The lowest BCUT2D eigenvalue weighted by molar-refractivity contribution is -0.0954. The predicted molar refractivity (Wildman–Crippen MR) is 39.0 cm³/mol. The van der Waals surface area contributed by atoms with Gasteiger partial charge in [0.15, 0.2) is 0 Å². The molecule has 0 bridgehead atoms. The standard InChI is InChI=1S/C7H9F3N2/c8-7(9,10)5-2-1-3-6(11,12)4-5/h1-3H,4,11-12H2. The second-order valence-corrected chi connectivity index (χ2v) is 2.84. The maximum atomic E-state index is 12.1. The Morgan fingerprint density at radius 1 is 1.33 bits per heavy atom. The van der Waals surface area contributed by atoms with Crippen LogP contribution >= 0.6 is 0 Å². The Balaban J connectivity index is 2.84.